The average molecular weight is 492 g/mol. The van der Waals surface area contributed by atoms with E-state index in [0.717, 1.165) is 11.4 Å². The maximum Gasteiger partial charge on any atom is 0.262 e. The van der Waals surface area contributed by atoms with Gasteiger partial charge in [0.2, 0.25) is 5.91 Å². The third-order valence-electron chi connectivity index (χ3n) is 5.27. The molecule has 0 radical (unpaired) electrons. The first-order valence-electron chi connectivity index (χ1n) is 10.9. The van der Waals surface area contributed by atoms with Crippen LogP contribution < -0.4 is 10.9 Å². The van der Waals surface area contributed by atoms with E-state index < -0.39 is 5.25 Å². The van der Waals surface area contributed by atoms with E-state index in [9.17, 15) is 9.59 Å². The molecular weight excluding hydrogens is 462 g/mol. The molecule has 1 atom stereocenters. The topological polar surface area (TPSA) is 91.0 Å². The second-order valence-corrected chi connectivity index (χ2v) is 9.95. The minimum absolute atomic E-state index is 0.121. The summed E-state index contributed by atoms with van der Waals surface area (Å²) in [4.78, 5) is 30.9. The van der Waals surface area contributed by atoms with Crippen LogP contribution >= 0.6 is 23.4 Å². The number of carbonyl (C=O) groups is 1. The van der Waals surface area contributed by atoms with Crippen LogP contribution in [0.4, 0.5) is 5.69 Å². The lowest BCUT2D eigenvalue weighted by Gasteiger charge is -2.17. The summed E-state index contributed by atoms with van der Waals surface area (Å²) in [5.41, 5.74) is 2.68. The number of benzene rings is 1. The highest BCUT2D eigenvalue weighted by Gasteiger charge is 2.22. The first-order valence-corrected chi connectivity index (χ1v) is 12.1. The van der Waals surface area contributed by atoms with Crippen LogP contribution in [0.5, 0.6) is 0 Å². The van der Waals surface area contributed by atoms with Crippen molar-refractivity contribution in [2.75, 3.05) is 11.9 Å². The maximum absolute atomic E-state index is 13.2. The van der Waals surface area contributed by atoms with Gasteiger partial charge >= 0.3 is 0 Å². The van der Waals surface area contributed by atoms with Crippen LogP contribution in [0.15, 0.2) is 28.2 Å². The lowest BCUT2D eigenvalue weighted by atomic mass is 10.2. The van der Waals surface area contributed by atoms with Gasteiger partial charge in [0.15, 0.2) is 5.16 Å². The first kappa shape index (κ1) is 25.3. The van der Waals surface area contributed by atoms with Gasteiger partial charge in [-0.25, -0.2) is 4.98 Å². The van der Waals surface area contributed by atoms with Crippen LogP contribution in [0.2, 0.25) is 5.02 Å². The Kier molecular flexibility index (Phi) is 8.20. The molecule has 2 aromatic heterocycles. The third-order valence-corrected chi connectivity index (χ3v) is 6.59. The molecule has 0 unspecified atom stereocenters. The van der Waals surface area contributed by atoms with E-state index in [-0.39, 0.29) is 17.6 Å². The quantitative estimate of drug-likeness (QED) is 0.272. The molecule has 8 nitrogen and oxygen atoms in total. The van der Waals surface area contributed by atoms with Gasteiger partial charge in [0.05, 0.1) is 39.3 Å². The number of amides is 1. The molecule has 2 heterocycles. The molecule has 33 heavy (non-hydrogen) atoms. The Morgan fingerprint density at radius 2 is 2.00 bits per heavy atom. The van der Waals surface area contributed by atoms with E-state index in [4.69, 9.17) is 16.3 Å². The standard InChI is InChI=1S/C23H30ClN5O3S/c1-13(2)32-11-7-10-29-22(31)18-9-8-17(24)12-19(18)25-23(29)33-16(5)21(30)26-20-14(3)27-28(6)15(20)4/h8-9,12-13,16H,7,10-11H2,1-6H3,(H,26,30)/t16-/m0/s1. The van der Waals surface area contributed by atoms with Gasteiger partial charge in [0.1, 0.15) is 0 Å². The summed E-state index contributed by atoms with van der Waals surface area (Å²) in [5, 5.41) is 8.28. The number of nitrogens with zero attached hydrogens (tertiary/aromatic N) is 4. The highest BCUT2D eigenvalue weighted by molar-refractivity contribution is 8.00. The van der Waals surface area contributed by atoms with Gasteiger partial charge in [-0.15, -0.1) is 0 Å². The third kappa shape index (κ3) is 5.96. The van der Waals surface area contributed by atoms with Gasteiger partial charge < -0.3 is 10.1 Å². The number of anilines is 1. The first-order chi connectivity index (χ1) is 15.6. The number of aryl methyl sites for hydroxylation is 2. The molecule has 0 aliphatic rings. The molecule has 0 fully saturated rings. The fraction of sp³-hybridized carbons (Fsp3) is 0.478. The van der Waals surface area contributed by atoms with Crippen LogP contribution in [0.3, 0.4) is 0 Å². The normalized spacial score (nSPS) is 12.5. The number of rotatable bonds is 9. The van der Waals surface area contributed by atoms with Crippen molar-refractivity contribution in [3.8, 4) is 0 Å². The molecule has 1 N–H and O–H groups in total. The second-order valence-electron chi connectivity index (χ2n) is 8.20. The smallest absolute Gasteiger partial charge is 0.262 e. The zero-order valence-electron chi connectivity index (χ0n) is 19.8. The van der Waals surface area contributed by atoms with Crippen molar-refractivity contribution in [1.82, 2.24) is 19.3 Å². The number of carbonyl (C=O) groups excluding carboxylic acids is 1. The van der Waals surface area contributed by atoms with Crippen LogP contribution in [0, 0.1) is 13.8 Å². The summed E-state index contributed by atoms with van der Waals surface area (Å²) in [6.07, 6.45) is 0.775. The molecule has 1 aromatic carbocycles. The van der Waals surface area contributed by atoms with E-state index in [2.05, 4.69) is 15.4 Å². The Morgan fingerprint density at radius 3 is 2.64 bits per heavy atom. The second kappa shape index (κ2) is 10.7. The molecule has 178 valence electrons. The summed E-state index contributed by atoms with van der Waals surface area (Å²) in [6.45, 7) is 10.5. The summed E-state index contributed by atoms with van der Waals surface area (Å²) in [5.74, 6) is -0.186. The van der Waals surface area contributed by atoms with Crippen molar-refractivity contribution in [3.63, 3.8) is 0 Å². The summed E-state index contributed by atoms with van der Waals surface area (Å²) < 4.78 is 8.97. The number of hydrogen-bond donors (Lipinski definition) is 1. The van der Waals surface area contributed by atoms with Crippen molar-refractivity contribution in [3.05, 3.63) is 45.0 Å². The zero-order chi connectivity index (χ0) is 24.3. The molecule has 1 amide bonds. The fourth-order valence-corrected chi connectivity index (χ4v) is 4.49. The van der Waals surface area contributed by atoms with Crippen LogP contribution in [0.25, 0.3) is 10.9 Å². The largest absolute Gasteiger partial charge is 0.379 e. The summed E-state index contributed by atoms with van der Waals surface area (Å²) >= 11 is 7.37. The predicted molar refractivity (Wildman–Crippen MR) is 133 cm³/mol. The minimum Gasteiger partial charge on any atom is -0.379 e. The number of nitrogens with one attached hydrogen (secondary N) is 1. The number of hydrogen-bond acceptors (Lipinski definition) is 6. The monoisotopic (exact) mass is 491 g/mol. The Bertz CT molecular complexity index is 1220. The highest BCUT2D eigenvalue weighted by atomic mass is 35.5. The number of fused-ring (bicyclic) bond motifs is 1. The van der Waals surface area contributed by atoms with Gasteiger partial charge in [0.25, 0.3) is 5.56 Å². The van der Waals surface area contributed by atoms with Gasteiger partial charge in [-0.1, -0.05) is 23.4 Å². The Morgan fingerprint density at radius 1 is 1.27 bits per heavy atom. The van der Waals surface area contributed by atoms with Crippen LogP contribution in [-0.2, 0) is 23.1 Å². The van der Waals surface area contributed by atoms with Gasteiger partial charge in [-0.2, -0.15) is 5.10 Å². The molecule has 0 bridgehead atoms. The molecule has 0 aliphatic carbocycles. The molecule has 0 spiro atoms. The molecule has 3 rings (SSSR count). The van der Waals surface area contributed by atoms with Gasteiger partial charge in [-0.3, -0.25) is 18.8 Å². The molecule has 3 aromatic rings. The SMILES string of the molecule is Cc1nn(C)c(C)c1NC(=O)[C@H](C)Sc1nc2cc(Cl)ccc2c(=O)n1CCCOC(C)C. The van der Waals surface area contributed by atoms with E-state index in [1.807, 2.05) is 34.7 Å². The average Bonchev–Trinajstić information content (AvgIpc) is 2.98. The number of thioether (sulfide) groups is 1. The number of halogens is 1. The Balaban J connectivity index is 1.88. The number of ether oxygens (including phenoxy) is 1. The Labute approximate surface area is 202 Å². The van der Waals surface area contributed by atoms with Crippen molar-refractivity contribution < 1.29 is 9.53 Å². The lowest BCUT2D eigenvalue weighted by molar-refractivity contribution is -0.115. The summed E-state index contributed by atoms with van der Waals surface area (Å²) in [6, 6.07) is 5.04. The predicted octanol–water partition coefficient (Wildman–Crippen LogP) is 4.33. The zero-order valence-corrected chi connectivity index (χ0v) is 21.4. The molecule has 0 saturated heterocycles. The van der Waals surface area contributed by atoms with E-state index >= 15 is 0 Å². The van der Waals surface area contributed by atoms with Gasteiger partial charge in [-0.05, 0) is 59.2 Å². The number of aromatic nitrogens is 4. The van der Waals surface area contributed by atoms with E-state index in [1.165, 1.54) is 11.8 Å². The molecule has 10 heteroatoms. The van der Waals surface area contributed by atoms with E-state index in [1.54, 1.807) is 34.4 Å². The van der Waals surface area contributed by atoms with Crippen molar-refractivity contribution in [2.24, 2.45) is 7.05 Å². The van der Waals surface area contributed by atoms with Crippen molar-refractivity contribution >= 4 is 45.9 Å². The van der Waals surface area contributed by atoms with Crippen molar-refractivity contribution in [1.29, 1.82) is 0 Å². The Hall–Kier alpha value is -2.36. The molecular formula is C23H30ClN5O3S. The van der Waals surface area contributed by atoms with Crippen LogP contribution in [-0.4, -0.2) is 43.2 Å². The van der Waals surface area contributed by atoms with E-state index in [0.29, 0.717) is 46.3 Å². The molecule has 0 saturated carbocycles. The van der Waals surface area contributed by atoms with Crippen LogP contribution in [0.1, 0.15) is 38.6 Å². The minimum atomic E-state index is -0.495. The summed E-state index contributed by atoms with van der Waals surface area (Å²) in [7, 11) is 1.84. The fourth-order valence-electron chi connectivity index (χ4n) is 3.39. The van der Waals surface area contributed by atoms with Crippen molar-refractivity contribution in [2.45, 2.75) is 64.1 Å². The molecule has 0 aliphatic heterocycles. The maximum atomic E-state index is 13.2. The van der Waals surface area contributed by atoms with Gasteiger partial charge in [0, 0.05) is 25.2 Å². The highest BCUT2D eigenvalue weighted by Crippen LogP contribution is 2.26. The lowest BCUT2D eigenvalue weighted by Crippen LogP contribution is -2.27.